The van der Waals surface area contributed by atoms with Gasteiger partial charge in [-0.2, -0.15) is 0 Å². The largest absolute Gasteiger partial charge is 0.494 e. The van der Waals surface area contributed by atoms with Crippen LogP contribution in [0.4, 0.5) is 5.69 Å². The van der Waals surface area contributed by atoms with E-state index in [1.54, 1.807) is 24.5 Å². The van der Waals surface area contributed by atoms with Crippen molar-refractivity contribution in [2.75, 3.05) is 11.9 Å². The summed E-state index contributed by atoms with van der Waals surface area (Å²) in [6.45, 7) is 0.674. The van der Waals surface area contributed by atoms with Gasteiger partial charge in [-0.15, -0.1) is 0 Å². The van der Waals surface area contributed by atoms with Crippen LogP contribution in [-0.4, -0.2) is 17.5 Å². The number of nitrogens with zero attached hydrogens (tertiary/aromatic N) is 1. The Morgan fingerprint density at radius 2 is 1.77 bits per heavy atom. The Balaban J connectivity index is 1.54. The molecule has 1 amide bonds. The monoisotopic (exact) mass is 362 g/mol. The van der Waals surface area contributed by atoms with Crippen molar-refractivity contribution < 1.29 is 9.53 Å². The third kappa shape index (κ3) is 6.26. The number of unbranched alkanes of at least 4 members (excludes halogenated alkanes) is 2. The average molecular weight is 363 g/mol. The van der Waals surface area contributed by atoms with Gasteiger partial charge in [0.05, 0.1) is 6.61 Å². The van der Waals surface area contributed by atoms with Crippen LogP contribution in [0.1, 0.15) is 25.7 Å². The van der Waals surface area contributed by atoms with Crippen LogP contribution in [0.15, 0.2) is 53.3 Å². The number of nitrogens with one attached hydrogen (secondary N) is 1. The molecule has 0 radical (unpaired) electrons. The van der Waals surface area contributed by atoms with Gasteiger partial charge in [-0.25, -0.2) is 0 Å². The fourth-order valence-electron chi connectivity index (χ4n) is 1.94. The van der Waals surface area contributed by atoms with Gasteiger partial charge in [0.1, 0.15) is 5.75 Å². The summed E-state index contributed by atoms with van der Waals surface area (Å²) in [4.78, 5) is 15.6. The SMILES string of the molecule is O=C(CCCCCOc1ccc(Br)cc1)Nc1ccncc1. The number of benzene rings is 1. The summed E-state index contributed by atoms with van der Waals surface area (Å²) in [5, 5.41) is 2.85. The lowest BCUT2D eigenvalue weighted by Crippen LogP contribution is -2.11. The molecule has 0 bridgehead atoms. The fourth-order valence-corrected chi connectivity index (χ4v) is 2.21. The summed E-state index contributed by atoms with van der Waals surface area (Å²) in [5.74, 6) is 0.915. The Bertz CT molecular complexity index is 573. The van der Waals surface area contributed by atoms with E-state index in [4.69, 9.17) is 4.74 Å². The topological polar surface area (TPSA) is 51.2 Å². The molecular formula is C17H19BrN2O2. The summed E-state index contributed by atoms with van der Waals surface area (Å²) in [5.41, 5.74) is 0.790. The highest BCUT2D eigenvalue weighted by molar-refractivity contribution is 9.10. The molecule has 0 atom stereocenters. The lowest BCUT2D eigenvalue weighted by Gasteiger charge is -2.07. The van der Waals surface area contributed by atoms with Crippen LogP contribution in [-0.2, 0) is 4.79 Å². The third-order valence-electron chi connectivity index (χ3n) is 3.09. The first-order valence-electron chi connectivity index (χ1n) is 7.32. The van der Waals surface area contributed by atoms with Crippen molar-refractivity contribution in [1.29, 1.82) is 0 Å². The molecule has 1 aromatic heterocycles. The van der Waals surface area contributed by atoms with Crippen LogP contribution in [0.25, 0.3) is 0 Å². The van der Waals surface area contributed by atoms with Crippen LogP contribution in [0.2, 0.25) is 0 Å². The number of carbonyl (C=O) groups excluding carboxylic acids is 1. The standard InChI is InChI=1S/C17H19BrN2O2/c18-14-5-7-16(8-6-14)22-13-3-1-2-4-17(21)20-15-9-11-19-12-10-15/h5-12H,1-4,13H2,(H,19,20,21). The Morgan fingerprint density at radius 3 is 2.50 bits per heavy atom. The summed E-state index contributed by atoms with van der Waals surface area (Å²) < 4.78 is 6.68. The number of hydrogen-bond acceptors (Lipinski definition) is 3. The number of amides is 1. The number of rotatable bonds is 8. The maximum absolute atomic E-state index is 11.7. The van der Waals surface area contributed by atoms with Crippen molar-refractivity contribution >= 4 is 27.5 Å². The van der Waals surface area contributed by atoms with Gasteiger partial charge in [-0.1, -0.05) is 15.9 Å². The van der Waals surface area contributed by atoms with E-state index in [9.17, 15) is 4.79 Å². The maximum Gasteiger partial charge on any atom is 0.224 e. The summed E-state index contributed by atoms with van der Waals surface area (Å²) >= 11 is 3.39. The number of hydrogen-bond donors (Lipinski definition) is 1. The Labute approximate surface area is 139 Å². The first kappa shape index (κ1) is 16.5. The molecule has 5 heteroatoms. The average Bonchev–Trinajstić information content (AvgIpc) is 2.53. The predicted octanol–water partition coefficient (Wildman–Crippen LogP) is 4.42. The van der Waals surface area contributed by atoms with Crippen LogP contribution in [0, 0.1) is 0 Å². The third-order valence-corrected chi connectivity index (χ3v) is 3.62. The van der Waals surface area contributed by atoms with Crippen molar-refractivity contribution in [2.45, 2.75) is 25.7 Å². The number of carbonyl (C=O) groups is 1. The van der Waals surface area contributed by atoms with Crippen LogP contribution in [0.3, 0.4) is 0 Å². The molecule has 1 aromatic carbocycles. The highest BCUT2D eigenvalue weighted by atomic mass is 79.9. The smallest absolute Gasteiger partial charge is 0.224 e. The minimum Gasteiger partial charge on any atom is -0.494 e. The highest BCUT2D eigenvalue weighted by Crippen LogP contribution is 2.16. The molecule has 1 heterocycles. The van der Waals surface area contributed by atoms with Gasteiger partial charge in [0, 0.05) is 29.0 Å². The Kier molecular flexibility index (Phi) is 6.90. The summed E-state index contributed by atoms with van der Waals surface area (Å²) in [6, 6.07) is 11.4. The lowest BCUT2D eigenvalue weighted by molar-refractivity contribution is -0.116. The fraction of sp³-hybridized carbons (Fsp3) is 0.294. The van der Waals surface area contributed by atoms with Crippen LogP contribution < -0.4 is 10.1 Å². The van der Waals surface area contributed by atoms with E-state index in [0.717, 1.165) is 35.2 Å². The zero-order chi connectivity index (χ0) is 15.6. The minimum absolute atomic E-state index is 0.0417. The van der Waals surface area contributed by atoms with Gasteiger partial charge in [-0.3, -0.25) is 9.78 Å². The van der Waals surface area contributed by atoms with Gasteiger partial charge >= 0.3 is 0 Å². The van der Waals surface area contributed by atoms with Crippen molar-refractivity contribution in [3.63, 3.8) is 0 Å². The minimum atomic E-state index is 0.0417. The molecule has 0 aliphatic rings. The number of aromatic nitrogens is 1. The first-order valence-corrected chi connectivity index (χ1v) is 8.11. The predicted molar refractivity (Wildman–Crippen MR) is 91.0 cm³/mol. The summed E-state index contributed by atoms with van der Waals surface area (Å²) in [6.07, 6.45) is 6.63. The number of anilines is 1. The Morgan fingerprint density at radius 1 is 1.05 bits per heavy atom. The van der Waals surface area contributed by atoms with Gasteiger partial charge in [0.25, 0.3) is 0 Å². The van der Waals surface area contributed by atoms with Gasteiger partial charge in [-0.05, 0) is 55.7 Å². The zero-order valence-corrected chi connectivity index (χ0v) is 13.9. The van der Waals surface area contributed by atoms with E-state index in [2.05, 4.69) is 26.2 Å². The van der Waals surface area contributed by atoms with Gasteiger partial charge in [0.15, 0.2) is 0 Å². The molecule has 22 heavy (non-hydrogen) atoms. The Hall–Kier alpha value is -1.88. The normalized spacial score (nSPS) is 10.2. The molecule has 0 fully saturated rings. The molecule has 0 saturated heterocycles. The molecule has 0 unspecified atom stereocenters. The molecule has 4 nitrogen and oxygen atoms in total. The van der Waals surface area contributed by atoms with E-state index in [0.29, 0.717) is 13.0 Å². The quantitative estimate of drug-likeness (QED) is 0.707. The van der Waals surface area contributed by atoms with Crippen LogP contribution in [0.5, 0.6) is 5.75 Å². The van der Waals surface area contributed by atoms with E-state index < -0.39 is 0 Å². The molecule has 2 rings (SSSR count). The molecule has 0 aliphatic heterocycles. The molecule has 0 saturated carbocycles. The van der Waals surface area contributed by atoms with Crippen molar-refractivity contribution in [3.05, 3.63) is 53.3 Å². The number of pyridine rings is 1. The summed E-state index contributed by atoms with van der Waals surface area (Å²) in [7, 11) is 0. The molecular weight excluding hydrogens is 344 g/mol. The molecule has 1 N–H and O–H groups in total. The van der Waals surface area contributed by atoms with Gasteiger partial charge < -0.3 is 10.1 Å². The zero-order valence-electron chi connectivity index (χ0n) is 12.3. The second-order valence-electron chi connectivity index (χ2n) is 4.90. The van der Waals surface area contributed by atoms with Gasteiger partial charge in [0.2, 0.25) is 5.91 Å². The molecule has 116 valence electrons. The second kappa shape index (κ2) is 9.20. The lowest BCUT2D eigenvalue weighted by atomic mass is 10.2. The van der Waals surface area contributed by atoms with E-state index in [1.807, 2.05) is 24.3 Å². The molecule has 2 aromatic rings. The molecule has 0 spiro atoms. The van der Waals surface area contributed by atoms with Crippen molar-refractivity contribution in [1.82, 2.24) is 4.98 Å². The number of ether oxygens (including phenoxy) is 1. The van der Waals surface area contributed by atoms with Crippen molar-refractivity contribution in [3.8, 4) is 5.75 Å². The second-order valence-corrected chi connectivity index (χ2v) is 5.81. The molecule has 0 aliphatic carbocycles. The van der Waals surface area contributed by atoms with Crippen molar-refractivity contribution in [2.24, 2.45) is 0 Å². The van der Waals surface area contributed by atoms with E-state index >= 15 is 0 Å². The number of halogens is 1. The van der Waals surface area contributed by atoms with Crippen LogP contribution >= 0.6 is 15.9 Å². The highest BCUT2D eigenvalue weighted by Gasteiger charge is 2.02. The van der Waals surface area contributed by atoms with E-state index in [1.165, 1.54) is 0 Å². The maximum atomic E-state index is 11.7. The van der Waals surface area contributed by atoms with E-state index in [-0.39, 0.29) is 5.91 Å². The first-order chi connectivity index (χ1) is 10.7.